The molecule has 1 aliphatic carbocycles. The predicted molar refractivity (Wildman–Crippen MR) is 81.5 cm³/mol. The van der Waals surface area contributed by atoms with Crippen molar-refractivity contribution in [1.82, 2.24) is 9.80 Å². The summed E-state index contributed by atoms with van der Waals surface area (Å²) in [6.45, 7) is 8.64. The van der Waals surface area contributed by atoms with Crippen molar-refractivity contribution in [3.8, 4) is 0 Å². The van der Waals surface area contributed by atoms with Crippen LogP contribution in [0.2, 0.25) is 0 Å². The molecule has 3 rings (SSSR count). The van der Waals surface area contributed by atoms with Gasteiger partial charge < -0.3 is 4.90 Å². The zero-order chi connectivity index (χ0) is 14.3. The lowest BCUT2D eigenvalue weighted by atomic mass is 9.77. The second-order valence-corrected chi connectivity index (χ2v) is 7.41. The summed E-state index contributed by atoms with van der Waals surface area (Å²) in [5.41, 5.74) is -0.145. The number of nitrogens with zero attached hydrogens (tertiary/aromatic N) is 2. The summed E-state index contributed by atoms with van der Waals surface area (Å²) >= 11 is 0. The third-order valence-electron chi connectivity index (χ3n) is 5.54. The molecule has 3 nitrogen and oxygen atoms in total. The lowest BCUT2D eigenvalue weighted by Crippen LogP contribution is -2.59. The highest BCUT2D eigenvalue weighted by atomic mass is 16.2. The summed E-state index contributed by atoms with van der Waals surface area (Å²) in [4.78, 5) is 17.8. The Morgan fingerprint density at radius 1 is 1.20 bits per heavy atom. The van der Waals surface area contributed by atoms with Crippen molar-refractivity contribution in [2.24, 2.45) is 5.41 Å². The fourth-order valence-corrected chi connectivity index (χ4v) is 4.49. The first-order valence-corrected chi connectivity index (χ1v) is 8.23. The van der Waals surface area contributed by atoms with Gasteiger partial charge in [-0.05, 0) is 46.0 Å². The largest absolute Gasteiger partial charge is 0.339 e. The average molecular weight is 276 g/mol. The van der Waals surface area contributed by atoms with Crippen LogP contribution in [0.15, 0.2) is 12.2 Å². The van der Waals surface area contributed by atoms with Crippen LogP contribution in [0.5, 0.6) is 0 Å². The fourth-order valence-electron chi connectivity index (χ4n) is 4.49. The zero-order valence-electron chi connectivity index (χ0n) is 13.1. The van der Waals surface area contributed by atoms with Crippen LogP contribution in [-0.2, 0) is 4.79 Å². The molecule has 0 radical (unpaired) electrons. The van der Waals surface area contributed by atoms with E-state index in [0.29, 0.717) is 24.0 Å². The minimum absolute atomic E-state index is 0.145. The van der Waals surface area contributed by atoms with Gasteiger partial charge in [-0.2, -0.15) is 0 Å². The zero-order valence-corrected chi connectivity index (χ0v) is 13.1. The van der Waals surface area contributed by atoms with Crippen LogP contribution < -0.4 is 0 Å². The Kier molecular flexibility index (Phi) is 3.65. The Bertz CT molecular complexity index is 403. The molecular weight excluding hydrogens is 248 g/mol. The van der Waals surface area contributed by atoms with Gasteiger partial charge in [0.2, 0.25) is 5.91 Å². The number of allylic oxidation sites excluding steroid dienone is 2. The van der Waals surface area contributed by atoms with Crippen LogP contribution in [0, 0.1) is 5.41 Å². The van der Waals surface area contributed by atoms with Crippen molar-refractivity contribution in [3.63, 3.8) is 0 Å². The molecule has 3 heteroatoms. The first-order chi connectivity index (χ1) is 9.51. The second kappa shape index (κ2) is 5.18. The first kappa shape index (κ1) is 14.1. The molecule has 20 heavy (non-hydrogen) atoms. The Labute approximate surface area is 123 Å². The number of fused-ring (bicyclic) bond motifs is 2. The van der Waals surface area contributed by atoms with E-state index >= 15 is 0 Å². The fraction of sp³-hybridized carbons (Fsp3) is 0.824. The van der Waals surface area contributed by atoms with Gasteiger partial charge in [0.25, 0.3) is 0 Å². The highest BCUT2D eigenvalue weighted by molar-refractivity contribution is 5.83. The Morgan fingerprint density at radius 3 is 2.35 bits per heavy atom. The minimum atomic E-state index is -0.145. The van der Waals surface area contributed by atoms with Crippen LogP contribution in [0.4, 0.5) is 0 Å². The maximum Gasteiger partial charge on any atom is 0.228 e. The molecule has 0 spiro atoms. The van der Waals surface area contributed by atoms with Gasteiger partial charge in [0.05, 0.1) is 5.41 Å². The maximum absolute atomic E-state index is 12.9. The van der Waals surface area contributed by atoms with Gasteiger partial charge in [-0.15, -0.1) is 0 Å². The van der Waals surface area contributed by atoms with E-state index in [0.717, 1.165) is 32.4 Å². The van der Waals surface area contributed by atoms with Crippen molar-refractivity contribution in [3.05, 3.63) is 12.2 Å². The molecule has 2 heterocycles. The third kappa shape index (κ3) is 2.30. The van der Waals surface area contributed by atoms with Crippen molar-refractivity contribution >= 4 is 5.91 Å². The summed E-state index contributed by atoms with van der Waals surface area (Å²) in [5, 5.41) is 0. The molecule has 0 aromatic rings. The number of carbonyl (C=O) groups excluding carboxylic acids is 1. The van der Waals surface area contributed by atoms with E-state index in [1.807, 2.05) is 0 Å². The number of rotatable bonds is 2. The third-order valence-corrected chi connectivity index (χ3v) is 5.54. The quantitative estimate of drug-likeness (QED) is 0.724. The summed E-state index contributed by atoms with van der Waals surface area (Å²) < 4.78 is 0. The summed E-state index contributed by atoms with van der Waals surface area (Å²) in [7, 11) is 0. The van der Waals surface area contributed by atoms with E-state index in [1.165, 1.54) is 12.8 Å². The number of piperazine rings is 1. The lowest BCUT2D eigenvalue weighted by molar-refractivity contribution is -0.145. The molecular formula is C17H28N2O. The molecule has 3 atom stereocenters. The van der Waals surface area contributed by atoms with E-state index < -0.39 is 0 Å². The first-order valence-electron chi connectivity index (χ1n) is 8.23. The molecule has 0 aromatic carbocycles. The van der Waals surface area contributed by atoms with Crippen molar-refractivity contribution < 1.29 is 4.79 Å². The smallest absolute Gasteiger partial charge is 0.228 e. The van der Waals surface area contributed by atoms with Crippen LogP contribution in [0.3, 0.4) is 0 Å². The van der Waals surface area contributed by atoms with Crippen molar-refractivity contribution in [2.75, 3.05) is 13.1 Å². The van der Waals surface area contributed by atoms with Gasteiger partial charge in [0.15, 0.2) is 0 Å². The monoisotopic (exact) mass is 276 g/mol. The molecule has 2 saturated heterocycles. The standard InChI is InChI=1S/C17H28N2O/c1-13(2)19-14-7-8-15(19)12-18(11-14)16(20)17(3)9-5-4-6-10-17/h4-5,13-15H,6-12H2,1-3H3. The van der Waals surface area contributed by atoms with E-state index in [9.17, 15) is 4.79 Å². The van der Waals surface area contributed by atoms with Crippen molar-refractivity contribution in [2.45, 2.75) is 71.0 Å². The van der Waals surface area contributed by atoms with Gasteiger partial charge in [-0.1, -0.05) is 19.1 Å². The van der Waals surface area contributed by atoms with Gasteiger partial charge in [-0.25, -0.2) is 0 Å². The normalized spacial score (nSPS) is 37.7. The molecule has 0 aromatic heterocycles. The molecule has 3 unspecified atom stereocenters. The summed E-state index contributed by atoms with van der Waals surface area (Å²) in [5.74, 6) is 0.405. The summed E-state index contributed by atoms with van der Waals surface area (Å²) in [6, 6.07) is 1.80. The number of hydrogen-bond donors (Lipinski definition) is 0. The van der Waals surface area contributed by atoms with E-state index in [4.69, 9.17) is 0 Å². The second-order valence-electron chi connectivity index (χ2n) is 7.41. The number of hydrogen-bond acceptors (Lipinski definition) is 2. The van der Waals surface area contributed by atoms with Crippen LogP contribution in [0.25, 0.3) is 0 Å². The van der Waals surface area contributed by atoms with E-state index in [-0.39, 0.29) is 5.41 Å². The predicted octanol–water partition coefficient (Wildman–Crippen LogP) is 2.82. The Morgan fingerprint density at radius 2 is 1.85 bits per heavy atom. The molecule has 0 saturated carbocycles. The minimum Gasteiger partial charge on any atom is -0.339 e. The number of amides is 1. The number of likely N-dealkylation sites (tertiary alicyclic amines) is 1. The molecule has 1 amide bonds. The topological polar surface area (TPSA) is 23.6 Å². The van der Waals surface area contributed by atoms with Crippen LogP contribution in [-0.4, -0.2) is 46.9 Å². The molecule has 3 aliphatic rings. The molecule has 112 valence electrons. The van der Waals surface area contributed by atoms with Gasteiger partial charge in [-0.3, -0.25) is 9.69 Å². The summed E-state index contributed by atoms with van der Waals surface area (Å²) in [6.07, 6.45) is 9.94. The molecule has 0 N–H and O–H groups in total. The van der Waals surface area contributed by atoms with Crippen LogP contribution in [0.1, 0.15) is 52.9 Å². The SMILES string of the molecule is CC(C)N1C2CCC1CN(C(=O)C1(C)CC=CCC1)C2. The molecule has 2 aliphatic heterocycles. The maximum atomic E-state index is 12.9. The highest BCUT2D eigenvalue weighted by Gasteiger charge is 2.45. The molecule has 2 fully saturated rings. The Hall–Kier alpha value is -0.830. The highest BCUT2D eigenvalue weighted by Crippen LogP contribution is 2.38. The molecule has 2 bridgehead atoms. The average Bonchev–Trinajstić information content (AvgIpc) is 2.70. The van der Waals surface area contributed by atoms with Crippen molar-refractivity contribution in [1.29, 1.82) is 0 Å². The van der Waals surface area contributed by atoms with E-state index in [1.54, 1.807) is 0 Å². The lowest BCUT2D eigenvalue weighted by Gasteiger charge is -2.46. The van der Waals surface area contributed by atoms with Gasteiger partial charge >= 0.3 is 0 Å². The van der Waals surface area contributed by atoms with E-state index in [2.05, 4.69) is 42.7 Å². The Balaban J connectivity index is 1.71. The van der Waals surface area contributed by atoms with Gasteiger partial charge in [0.1, 0.15) is 0 Å². The number of carbonyl (C=O) groups is 1. The van der Waals surface area contributed by atoms with Crippen LogP contribution >= 0.6 is 0 Å². The van der Waals surface area contributed by atoms with Gasteiger partial charge in [0, 0.05) is 31.2 Å².